The van der Waals surface area contributed by atoms with Crippen LogP contribution in [-0.2, 0) is 0 Å². The zero-order valence-electron chi connectivity index (χ0n) is 13.3. The first-order valence-corrected chi connectivity index (χ1v) is 8.65. The number of rotatable bonds is 8. The molecule has 1 unspecified atom stereocenters. The Kier molecular flexibility index (Phi) is 6.08. The normalized spacial score (nSPS) is 16.5. The first-order valence-electron chi connectivity index (χ1n) is 7.86. The molecular weight excluding hydrogens is 328 g/mol. The Morgan fingerprint density at radius 2 is 2.10 bits per heavy atom. The van der Waals surface area contributed by atoms with E-state index >= 15 is 0 Å². The molecule has 0 heterocycles. The van der Waals surface area contributed by atoms with E-state index in [4.69, 9.17) is 10.5 Å². The Bertz CT molecular complexity index is 460. The molecule has 0 radical (unpaired) electrons. The van der Waals surface area contributed by atoms with Gasteiger partial charge in [0, 0.05) is 23.1 Å². The van der Waals surface area contributed by atoms with E-state index in [0.717, 1.165) is 22.7 Å². The fourth-order valence-electron chi connectivity index (χ4n) is 2.75. The Morgan fingerprint density at radius 1 is 1.38 bits per heavy atom. The van der Waals surface area contributed by atoms with Gasteiger partial charge < -0.3 is 10.5 Å². The van der Waals surface area contributed by atoms with Crippen molar-refractivity contribution in [2.24, 2.45) is 11.7 Å². The van der Waals surface area contributed by atoms with Gasteiger partial charge in [-0.25, -0.2) is 0 Å². The van der Waals surface area contributed by atoms with Crippen LogP contribution in [0.4, 0.5) is 0 Å². The molecule has 2 N–H and O–H groups in total. The minimum absolute atomic E-state index is 0.265. The molecule has 1 saturated carbocycles. The third-order valence-electron chi connectivity index (χ3n) is 4.17. The zero-order chi connectivity index (χ0) is 15.4. The van der Waals surface area contributed by atoms with E-state index in [1.165, 1.54) is 24.8 Å². The van der Waals surface area contributed by atoms with Gasteiger partial charge in [0.25, 0.3) is 0 Å². The lowest BCUT2D eigenvalue weighted by molar-refractivity contribution is 0.180. The Morgan fingerprint density at radius 3 is 2.62 bits per heavy atom. The minimum atomic E-state index is 0.265. The second-order valence-electron chi connectivity index (χ2n) is 6.29. The van der Waals surface area contributed by atoms with Crippen LogP contribution in [0.15, 0.2) is 22.7 Å². The van der Waals surface area contributed by atoms with E-state index in [1.807, 2.05) is 6.07 Å². The van der Waals surface area contributed by atoms with Gasteiger partial charge in [-0.1, -0.05) is 29.8 Å². The number of ether oxygens (including phenoxy) is 1. The Balaban J connectivity index is 2.23. The number of hydrogen-bond acceptors (Lipinski definition) is 3. The SMILES string of the molecule is COc1ccc(Br)c(C(CN)N(CCC(C)C)C2CC2)c1. The Labute approximate surface area is 137 Å². The van der Waals surface area contributed by atoms with Gasteiger partial charge in [-0.2, -0.15) is 0 Å². The van der Waals surface area contributed by atoms with Gasteiger partial charge in [0.1, 0.15) is 5.75 Å². The smallest absolute Gasteiger partial charge is 0.119 e. The maximum atomic E-state index is 6.13. The lowest BCUT2D eigenvalue weighted by Gasteiger charge is -2.32. The summed E-state index contributed by atoms with van der Waals surface area (Å²) >= 11 is 3.68. The number of benzene rings is 1. The van der Waals surface area contributed by atoms with Crippen molar-refractivity contribution in [3.05, 3.63) is 28.2 Å². The van der Waals surface area contributed by atoms with Crippen molar-refractivity contribution in [3.8, 4) is 5.75 Å². The summed E-state index contributed by atoms with van der Waals surface area (Å²) in [6, 6.07) is 7.13. The largest absolute Gasteiger partial charge is 0.497 e. The maximum Gasteiger partial charge on any atom is 0.119 e. The van der Waals surface area contributed by atoms with Gasteiger partial charge in [-0.15, -0.1) is 0 Å². The van der Waals surface area contributed by atoms with Crippen molar-refractivity contribution in [2.45, 2.75) is 45.2 Å². The average molecular weight is 355 g/mol. The number of hydrogen-bond donors (Lipinski definition) is 1. The monoisotopic (exact) mass is 354 g/mol. The lowest BCUT2D eigenvalue weighted by Crippen LogP contribution is -2.37. The van der Waals surface area contributed by atoms with Crippen molar-refractivity contribution < 1.29 is 4.74 Å². The van der Waals surface area contributed by atoms with Crippen LogP contribution in [0.2, 0.25) is 0 Å². The zero-order valence-corrected chi connectivity index (χ0v) is 14.9. The predicted molar refractivity (Wildman–Crippen MR) is 91.7 cm³/mol. The third-order valence-corrected chi connectivity index (χ3v) is 4.89. The summed E-state index contributed by atoms with van der Waals surface area (Å²) < 4.78 is 6.50. The van der Waals surface area contributed by atoms with E-state index in [0.29, 0.717) is 12.6 Å². The van der Waals surface area contributed by atoms with E-state index in [9.17, 15) is 0 Å². The van der Waals surface area contributed by atoms with Gasteiger partial charge in [0.15, 0.2) is 0 Å². The summed E-state index contributed by atoms with van der Waals surface area (Å²) in [5.41, 5.74) is 7.38. The number of nitrogens with two attached hydrogens (primary N) is 1. The fourth-order valence-corrected chi connectivity index (χ4v) is 3.26. The standard InChI is InChI=1S/C17H27BrN2O/c1-12(2)8-9-20(13-4-5-13)17(11-19)15-10-14(21-3)6-7-16(15)18/h6-7,10,12-13,17H,4-5,8-9,11,19H2,1-3H3. The van der Waals surface area contributed by atoms with Crippen LogP contribution in [0.5, 0.6) is 5.75 Å². The molecule has 0 aromatic heterocycles. The average Bonchev–Trinajstić information content (AvgIpc) is 3.29. The molecule has 1 aliphatic carbocycles. The van der Waals surface area contributed by atoms with E-state index in [-0.39, 0.29) is 6.04 Å². The van der Waals surface area contributed by atoms with Gasteiger partial charge in [0.2, 0.25) is 0 Å². The molecule has 0 bridgehead atoms. The highest BCUT2D eigenvalue weighted by Crippen LogP contribution is 2.38. The summed E-state index contributed by atoms with van der Waals surface area (Å²) in [5.74, 6) is 1.62. The molecule has 0 saturated heterocycles. The van der Waals surface area contributed by atoms with Gasteiger partial charge in [0.05, 0.1) is 7.11 Å². The lowest BCUT2D eigenvalue weighted by atomic mass is 10.0. The highest BCUT2D eigenvalue weighted by molar-refractivity contribution is 9.10. The van der Waals surface area contributed by atoms with Crippen LogP contribution in [0.1, 0.15) is 44.7 Å². The van der Waals surface area contributed by atoms with E-state index < -0.39 is 0 Å². The third kappa shape index (κ3) is 4.44. The maximum absolute atomic E-state index is 6.13. The number of nitrogens with zero attached hydrogens (tertiary/aromatic N) is 1. The molecule has 3 nitrogen and oxygen atoms in total. The topological polar surface area (TPSA) is 38.5 Å². The first kappa shape index (κ1) is 16.8. The highest BCUT2D eigenvalue weighted by atomic mass is 79.9. The van der Waals surface area contributed by atoms with E-state index in [1.54, 1.807) is 7.11 Å². The summed E-state index contributed by atoms with van der Waals surface area (Å²) in [7, 11) is 1.71. The van der Waals surface area contributed by atoms with Gasteiger partial charge in [-0.3, -0.25) is 4.90 Å². The molecule has 0 spiro atoms. The van der Waals surface area contributed by atoms with Crippen molar-refractivity contribution in [1.29, 1.82) is 0 Å². The van der Waals surface area contributed by atoms with Crippen LogP contribution >= 0.6 is 15.9 Å². The molecule has 118 valence electrons. The molecule has 1 atom stereocenters. The predicted octanol–water partition coefficient (Wildman–Crippen LogP) is 3.97. The molecule has 1 aliphatic rings. The summed E-state index contributed by atoms with van der Waals surface area (Å²) in [6.07, 6.45) is 3.82. The van der Waals surface area contributed by atoms with Crippen LogP contribution < -0.4 is 10.5 Å². The van der Waals surface area contributed by atoms with Crippen LogP contribution in [0.3, 0.4) is 0 Å². The number of methoxy groups -OCH3 is 1. The summed E-state index contributed by atoms with van der Waals surface area (Å²) in [6.45, 7) is 6.32. The van der Waals surface area contributed by atoms with Crippen molar-refractivity contribution in [1.82, 2.24) is 4.90 Å². The van der Waals surface area contributed by atoms with Crippen LogP contribution in [0.25, 0.3) is 0 Å². The molecule has 1 fully saturated rings. The molecule has 4 heteroatoms. The summed E-state index contributed by atoms with van der Waals surface area (Å²) in [5, 5.41) is 0. The highest BCUT2D eigenvalue weighted by Gasteiger charge is 2.34. The van der Waals surface area contributed by atoms with Crippen molar-refractivity contribution in [2.75, 3.05) is 20.2 Å². The fraction of sp³-hybridized carbons (Fsp3) is 0.647. The minimum Gasteiger partial charge on any atom is -0.497 e. The molecule has 0 amide bonds. The Hall–Kier alpha value is -0.580. The van der Waals surface area contributed by atoms with Crippen molar-refractivity contribution >= 4 is 15.9 Å². The van der Waals surface area contributed by atoms with E-state index in [2.05, 4.69) is 46.8 Å². The molecule has 1 aromatic carbocycles. The van der Waals surface area contributed by atoms with Crippen LogP contribution in [0, 0.1) is 5.92 Å². The second kappa shape index (κ2) is 7.61. The van der Waals surface area contributed by atoms with Crippen LogP contribution in [-0.4, -0.2) is 31.1 Å². The molecule has 0 aliphatic heterocycles. The second-order valence-corrected chi connectivity index (χ2v) is 7.14. The van der Waals surface area contributed by atoms with Gasteiger partial charge >= 0.3 is 0 Å². The first-order chi connectivity index (χ1) is 10.1. The molecular formula is C17H27BrN2O. The summed E-state index contributed by atoms with van der Waals surface area (Å²) in [4.78, 5) is 2.60. The molecule has 2 rings (SSSR count). The van der Waals surface area contributed by atoms with Gasteiger partial charge in [-0.05, 0) is 55.5 Å². The molecule has 21 heavy (non-hydrogen) atoms. The van der Waals surface area contributed by atoms with Crippen molar-refractivity contribution in [3.63, 3.8) is 0 Å². The quantitative estimate of drug-likeness (QED) is 0.767. The molecule has 1 aromatic rings. The number of halogens is 1.